The van der Waals surface area contributed by atoms with Crippen molar-refractivity contribution in [2.45, 2.75) is 19.6 Å². The van der Waals surface area contributed by atoms with Gasteiger partial charge in [-0.25, -0.2) is 0 Å². The van der Waals surface area contributed by atoms with E-state index in [4.69, 9.17) is 19.5 Å². The van der Waals surface area contributed by atoms with Crippen LogP contribution in [0.1, 0.15) is 12.5 Å². The Kier molecular flexibility index (Phi) is 5.48. The molecule has 0 bridgehead atoms. The molecule has 16 heavy (non-hydrogen) atoms. The van der Waals surface area contributed by atoms with Crippen LogP contribution in [0, 0.1) is 0 Å². The Morgan fingerprint density at radius 3 is 2.31 bits per heavy atom. The molecular weight excluding hydrogens is 207 g/mol. The fourth-order valence-corrected chi connectivity index (χ4v) is 1.41. The molecular formula is C11H17BO4. The van der Waals surface area contributed by atoms with Gasteiger partial charge >= 0.3 is 7.12 Å². The minimum absolute atomic E-state index is 0.255. The molecule has 0 saturated carbocycles. The molecule has 0 fully saturated rings. The van der Waals surface area contributed by atoms with Crippen molar-refractivity contribution in [1.82, 2.24) is 0 Å². The lowest BCUT2D eigenvalue weighted by Gasteiger charge is -2.15. The van der Waals surface area contributed by atoms with Gasteiger partial charge in [-0.3, -0.25) is 0 Å². The number of ether oxygens (including phenoxy) is 2. The van der Waals surface area contributed by atoms with Gasteiger partial charge in [0.2, 0.25) is 0 Å². The van der Waals surface area contributed by atoms with Crippen LogP contribution in [-0.4, -0.2) is 37.2 Å². The number of hydrogen-bond donors (Lipinski definition) is 2. The van der Waals surface area contributed by atoms with E-state index >= 15 is 0 Å². The first kappa shape index (κ1) is 13.2. The quantitative estimate of drug-likeness (QED) is 0.524. The summed E-state index contributed by atoms with van der Waals surface area (Å²) in [5, 5.41) is 17.9. The maximum Gasteiger partial charge on any atom is 0.488 e. The molecule has 0 radical (unpaired) electrons. The predicted molar refractivity (Wildman–Crippen MR) is 62.4 cm³/mol. The van der Waals surface area contributed by atoms with Gasteiger partial charge < -0.3 is 19.5 Å². The van der Waals surface area contributed by atoms with Crippen molar-refractivity contribution in [3.05, 3.63) is 29.8 Å². The van der Waals surface area contributed by atoms with Gasteiger partial charge in [0.1, 0.15) is 0 Å². The van der Waals surface area contributed by atoms with Crippen LogP contribution >= 0.6 is 0 Å². The third kappa shape index (κ3) is 3.94. The van der Waals surface area contributed by atoms with Crippen LogP contribution in [0.4, 0.5) is 0 Å². The minimum atomic E-state index is -1.42. The summed E-state index contributed by atoms with van der Waals surface area (Å²) in [6.07, 6.45) is 0.390. The highest BCUT2D eigenvalue weighted by Crippen LogP contribution is 2.05. The molecule has 1 atom stereocenters. The SMILES string of the molecule is CCOC(Cc1ccc(B(O)O)cc1)OC. The molecule has 0 amide bonds. The third-order valence-corrected chi connectivity index (χ3v) is 2.30. The third-order valence-electron chi connectivity index (χ3n) is 2.30. The molecule has 4 nitrogen and oxygen atoms in total. The summed E-state index contributed by atoms with van der Waals surface area (Å²) in [6, 6.07) is 7.02. The van der Waals surface area contributed by atoms with Crippen LogP contribution in [0.25, 0.3) is 0 Å². The second kappa shape index (κ2) is 6.65. The fourth-order valence-electron chi connectivity index (χ4n) is 1.41. The lowest BCUT2D eigenvalue weighted by molar-refractivity contribution is -0.118. The van der Waals surface area contributed by atoms with Crippen molar-refractivity contribution >= 4 is 12.6 Å². The molecule has 0 spiro atoms. The van der Waals surface area contributed by atoms with E-state index in [0.717, 1.165) is 5.56 Å². The van der Waals surface area contributed by atoms with Crippen molar-refractivity contribution in [2.24, 2.45) is 0 Å². The average Bonchev–Trinajstić information content (AvgIpc) is 2.29. The Balaban J connectivity index is 2.60. The van der Waals surface area contributed by atoms with Crippen LogP contribution in [-0.2, 0) is 15.9 Å². The van der Waals surface area contributed by atoms with E-state index < -0.39 is 7.12 Å². The van der Waals surface area contributed by atoms with Crippen LogP contribution in [0.15, 0.2) is 24.3 Å². The largest absolute Gasteiger partial charge is 0.488 e. The topological polar surface area (TPSA) is 58.9 Å². The van der Waals surface area contributed by atoms with Crippen LogP contribution in [0.3, 0.4) is 0 Å². The van der Waals surface area contributed by atoms with Gasteiger partial charge in [-0.2, -0.15) is 0 Å². The maximum atomic E-state index is 8.93. The van der Waals surface area contributed by atoms with E-state index in [0.29, 0.717) is 18.5 Å². The lowest BCUT2D eigenvalue weighted by Crippen LogP contribution is -2.29. The highest BCUT2D eigenvalue weighted by atomic mass is 16.7. The van der Waals surface area contributed by atoms with Gasteiger partial charge in [0.25, 0.3) is 0 Å². The fraction of sp³-hybridized carbons (Fsp3) is 0.455. The monoisotopic (exact) mass is 224 g/mol. The second-order valence-electron chi connectivity index (χ2n) is 3.44. The summed E-state index contributed by atoms with van der Waals surface area (Å²) in [7, 11) is 0.186. The molecule has 0 saturated heterocycles. The molecule has 0 heterocycles. The zero-order valence-electron chi connectivity index (χ0n) is 9.59. The van der Waals surface area contributed by atoms with Gasteiger partial charge in [-0.15, -0.1) is 0 Å². The maximum absolute atomic E-state index is 8.93. The summed E-state index contributed by atoms with van der Waals surface area (Å²) in [4.78, 5) is 0. The first-order chi connectivity index (χ1) is 7.67. The Hall–Kier alpha value is -0.875. The first-order valence-corrected chi connectivity index (χ1v) is 5.26. The van der Waals surface area contributed by atoms with Gasteiger partial charge in [0.05, 0.1) is 0 Å². The standard InChI is InChI=1S/C11H17BO4/c1-3-16-11(15-2)8-9-4-6-10(7-5-9)12(13)14/h4-7,11,13-14H,3,8H2,1-2H3. The molecule has 2 N–H and O–H groups in total. The lowest BCUT2D eigenvalue weighted by atomic mass is 9.80. The van der Waals surface area contributed by atoms with E-state index in [2.05, 4.69) is 0 Å². The Morgan fingerprint density at radius 2 is 1.88 bits per heavy atom. The Morgan fingerprint density at radius 1 is 1.25 bits per heavy atom. The average molecular weight is 224 g/mol. The van der Waals surface area contributed by atoms with Crippen molar-refractivity contribution in [3.8, 4) is 0 Å². The molecule has 0 aliphatic rings. The summed E-state index contributed by atoms with van der Waals surface area (Å²) in [6.45, 7) is 2.52. The van der Waals surface area contributed by atoms with Crippen molar-refractivity contribution < 1.29 is 19.5 Å². The van der Waals surface area contributed by atoms with Crippen molar-refractivity contribution in [2.75, 3.05) is 13.7 Å². The highest BCUT2D eigenvalue weighted by molar-refractivity contribution is 6.58. The summed E-state index contributed by atoms with van der Waals surface area (Å²) in [5.41, 5.74) is 1.51. The smallest absolute Gasteiger partial charge is 0.423 e. The Labute approximate surface area is 96.0 Å². The molecule has 0 aliphatic carbocycles. The molecule has 1 unspecified atom stereocenters. The zero-order chi connectivity index (χ0) is 12.0. The molecule has 1 aromatic carbocycles. The summed E-state index contributed by atoms with van der Waals surface area (Å²) < 4.78 is 10.5. The molecule has 88 valence electrons. The van der Waals surface area contributed by atoms with E-state index in [9.17, 15) is 0 Å². The molecule has 1 rings (SSSR count). The number of hydrogen-bond acceptors (Lipinski definition) is 4. The van der Waals surface area contributed by atoms with Crippen molar-refractivity contribution in [1.29, 1.82) is 0 Å². The number of rotatable bonds is 6. The van der Waals surface area contributed by atoms with Crippen molar-refractivity contribution in [3.63, 3.8) is 0 Å². The van der Waals surface area contributed by atoms with Crippen LogP contribution < -0.4 is 5.46 Å². The molecule has 1 aromatic rings. The molecule has 0 aliphatic heterocycles. The van der Waals surface area contributed by atoms with Gasteiger partial charge in [-0.1, -0.05) is 24.3 Å². The van der Waals surface area contributed by atoms with Crippen LogP contribution in [0.5, 0.6) is 0 Å². The normalized spacial score (nSPS) is 12.5. The van der Waals surface area contributed by atoms with Gasteiger partial charge in [-0.05, 0) is 17.9 Å². The second-order valence-corrected chi connectivity index (χ2v) is 3.44. The number of benzene rings is 1. The van der Waals surface area contributed by atoms with Gasteiger partial charge in [0.15, 0.2) is 6.29 Å². The van der Waals surface area contributed by atoms with E-state index in [1.54, 1.807) is 19.2 Å². The highest BCUT2D eigenvalue weighted by Gasteiger charge is 2.11. The zero-order valence-corrected chi connectivity index (χ0v) is 9.59. The summed E-state index contributed by atoms with van der Waals surface area (Å²) >= 11 is 0. The van der Waals surface area contributed by atoms with Crippen LogP contribution in [0.2, 0.25) is 0 Å². The molecule has 5 heteroatoms. The summed E-state index contributed by atoms with van der Waals surface area (Å²) in [5.74, 6) is 0. The Bertz CT molecular complexity index is 299. The number of methoxy groups -OCH3 is 1. The van der Waals surface area contributed by atoms with E-state index in [1.807, 2.05) is 19.1 Å². The van der Waals surface area contributed by atoms with E-state index in [1.165, 1.54) is 0 Å². The van der Waals surface area contributed by atoms with Gasteiger partial charge in [0, 0.05) is 20.1 Å². The minimum Gasteiger partial charge on any atom is -0.423 e. The first-order valence-electron chi connectivity index (χ1n) is 5.26. The van der Waals surface area contributed by atoms with E-state index in [-0.39, 0.29) is 6.29 Å². The molecule has 0 aromatic heterocycles. The predicted octanol–water partition coefficient (Wildman–Crippen LogP) is -0.0821.